The van der Waals surface area contributed by atoms with E-state index in [1.165, 1.54) is 0 Å². The van der Waals surface area contributed by atoms with Gasteiger partial charge in [-0.25, -0.2) is 8.42 Å². The van der Waals surface area contributed by atoms with E-state index in [9.17, 15) is 18.1 Å². The summed E-state index contributed by atoms with van der Waals surface area (Å²) in [5.41, 5.74) is -0.439. The van der Waals surface area contributed by atoms with Crippen LogP contribution in [0.4, 0.5) is 0 Å². The Morgan fingerprint density at radius 2 is 1.79 bits per heavy atom. The molecule has 0 radical (unpaired) electrons. The number of nitrogens with zero attached hydrogens (tertiary/aromatic N) is 3. The Labute approximate surface area is 199 Å². The number of hydrogen-bond donors (Lipinski definition) is 0. The molecule has 3 atom stereocenters. The first-order valence-corrected chi connectivity index (χ1v) is 13.6. The highest BCUT2D eigenvalue weighted by Crippen LogP contribution is 2.59. The van der Waals surface area contributed by atoms with Gasteiger partial charge in [-0.05, 0) is 74.1 Å². The van der Waals surface area contributed by atoms with Crippen LogP contribution in [-0.2, 0) is 19.6 Å². The maximum absolute atomic E-state index is 14.0. The van der Waals surface area contributed by atoms with Crippen molar-refractivity contribution in [2.45, 2.75) is 68.0 Å². The fourth-order valence-electron chi connectivity index (χ4n) is 5.65. The van der Waals surface area contributed by atoms with Gasteiger partial charge in [-0.3, -0.25) is 4.79 Å². The van der Waals surface area contributed by atoms with Crippen molar-refractivity contribution in [3.63, 3.8) is 0 Å². The number of carbonyl (C=O) groups excluding carboxylic acids is 1. The van der Waals surface area contributed by atoms with Gasteiger partial charge < -0.3 is 9.64 Å². The molecule has 180 valence electrons. The highest BCUT2D eigenvalue weighted by Gasteiger charge is 2.60. The van der Waals surface area contributed by atoms with Gasteiger partial charge in [0, 0.05) is 36.6 Å². The predicted octanol–water partition coefficient (Wildman–Crippen LogP) is 3.44. The largest absolute Gasteiger partial charge is 0.378 e. The molecule has 5 rings (SSSR count). The summed E-state index contributed by atoms with van der Waals surface area (Å²) in [4.78, 5) is 26.8. The number of carbonyl (C=O) groups is 1. The summed E-state index contributed by atoms with van der Waals surface area (Å²) in [5.74, 6) is 0.286. The summed E-state index contributed by atoms with van der Waals surface area (Å²) in [6.45, 7) is 2.19. The predicted molar refractivity (Wildman–Crippen MR) is 123 cm³/mol. The molecule has 1 aromatic rings. The summed E-state index contributed by atoms with van der Waals surface area (Å²) in [7, 11) is -3.83. The van der Waals surface area contributed by atoms with Crippen LogP contribution < -0.4 is 0 Å². The van der Waals surface area contributed by atoms with Crippen LogP contribution in [0.3, 0.4) is 0 Å². The Morgan fingerprint density at radius 1 is 1.12 bits per heavy atom. The molecule has 2 aliphatic heterocycles. The third kappa shape index (κ3) is 4.57. The molecule has 2 heterocycles. The van der Waals surface area contributed by atoms with Crippen molar-refractivity contribution in [2.75, 3.05) is 26.3 Å². The number of hydrogen-bond acceptors (Lipinski definition) is 6. The lowest BCUT2D eigenvalue weighted by atomic mass is 9.81. The van der Waals surface area contributed by atoms with Crippen LogP contribution in [-0.4, -0.2) is 68.0 Å². The van der Waals surface area contributed by atoms with Gasteiger partial charge in [0.1, 0.15) is 0 Å². The van der Waals surface area contributed by atoms with Crippen LogP contribution in [0.15, 0.2) is 34.3 Å². The lowest BCUT2D eigenvalue weighted by Gasteiger charge is -2.46. The Balaban J connectivity index is 1.49. The number of ether oxygens (including phenoxy) is 1. The monoisotopic (exact) mass is 495 g/mol. The molecule has 4 fully saturated rings. The summed E-state index contributed by atoms with van der Waals surface area (Å²) >= 11 is 6.01. The number of piperidine rings is 1. The van der Waals surface area contributed by atoms with Crippen LogP contribution in [0.2, 0.25) is 5.02 Å². The fourth-order valence-corrected chi connectivity index (χ4v) is 7.76. The van der Waals surface area contributed by atoms with E-state index in [-0.39, 0.29) is 22.8 Å². The molecule has 10 heteroatoms. The van der Waals surface area contributed by atoms with Crippen molar-refractivity contribution < 1.29 is 17.9 Å². The van der Waals surface area contributed by atoms with Crippen molar-refractivity contribution in [3.05, 3.63) is 34.2 Å². The number of halogens is 1. The Morgan fingerprint density at radius 3 is 2.36 bits per heavy atom. The standard InChI is InChI=1S/C23H30ClN3O5S/c24-17-3-5-19(6-4-17)33(30,31)27-20(16-1-2-16)13-18(25-29)14-21(27)23(7-8-23)15-22(28)26-9-11-32-12-10-26/h3-6,16,18,20-21H,1-2,7-15H2/t18-,20-,21+/m0/s1. The Hall–Kier alpha value is -1.55. The molecule has 2 aliphatic carbocycles. The number of sulfonamides is 1. The zero-order valence-electron chi connectivity index (χ0n) is 18.6. The van der Waals surface area contributed by atoms with Gasteiger partial charge in [0.2, 0.25) is 15.9 Å². The smallest absolute Gasteiger partial charge is 0.243 e. The van der Waals surface area contributed by atoms with Crippen LogP contribution in [0.5, 0.6) is 0 Å². The molecule has 0 N–H and O–H groups in total. The molecule has 0 unspecified atom stereocenters. The van der Waals surface area contributed by atoms with Gasteiger partial charge in [-0.1, -0.05) is 16.8 Å². The van der Waals surface area contributed by atoms with E-state index in [0.29, 0.717) is 50.6 Å². The minimum Gasteiger partial charge on any atom is -0.378 e. The van der Waals surface area contributed by atoms with Crippen molar-refractivity contribution in [1.82, 2.24) is 9.21 Å². The molecule has 0 bridgehead atoms. The zero-order chi connectivity index (χ0) is 23.2. The van der Waals surface area contributed by atoms with Crippen molar-refractivity contribution in [1.29, 1.82) is 0 Å². The quantitative estimate of drug-likeness (QED) is 0.540. The molecular formula is C23H30ClN3O5S. The van der Waals surface area contributed by atoms with E-state index in [1.54, 1.807) is 28.6 Å². The van der Waals surface area contributed by atoms with Gasteiger partial charge >= 0.3 is 0 Å². The molecular weight excluding hydrogens is 466 g/mol. The van der Waals surface area contributed by atoms with E-state index in [2.05, 4.69) is 5.18 Å². The second kappa shape index (κ2) is 8.91. The summed E-state index contributed by atoms with van der Waals surface area (Å²) < 4.78 is 35.0. The molecule has 2 saturated heterocycles. The maximum atomic E-state index is 14.0. The average Bonchev–Trinajstić information content (AvgIpc) is 3.74. The minimum atomic E-state index is -3.83. The van der Waals surface area contributed by atoms with Gasteiger partial charge in [-0.2, -0.15) is 9.21 Å². The third-order valence-electron chi connectivity index (χ3n) is 7.81. The fraction of sp³-hybridized carbons (Fsp3) is 0.696. The highest BCUT2D eigenvalue weighted by molar-refractivity contribution is 7.89. The SMILES string of the molecule is O=N[C@H]1C[C@@H](C2CC2)N(S(=O)(=O)c2ccc(Cl)cc2)[C@@H](C2(CC(=O)N3CCOCC3)CC2)C1. The first-order valence-electron chi connectivity index (χ1n) is 11.8. The van der Waals surface area contributed by atoms with Crippen LogP contribution in [0.25, 0.3) is 0 Å². The third-order valence-corrected chi connectivity index (χ3v) is 10.0. The second-order valence-corrected chi connectivity index (χ2v) is 12.3. The molecule has 33 heavy (non-hydrogen) atoms. The van der Waals surface area contributed by atoms with Gasteiger partial charge in [0.05, 0.1) is 24.2 Å². The van der Waals surface area contributed by atoms with Crippen LogP contribution >= 0.6 is 11.6 Å². The van der Waals surface area contributed by atoms with Crippen molar-refractivity contribution in [3.8, 4) is 0 Å². The van der Waals surface area contributed by atoms with Gasteiger partial charge in [0.25, 0.3) is 0 Å². The normalized spacial score (nSPS) is 30.1. The molecule has 8 nitrogen and oxygen atoms in total. The van der Waals surface area contributed by atoms with Gasteiger partial charge in [0.15, 0.2) is 0 Å². The lowest BCUT2D eigenvalue weighted by molar-refractivity contribution is -0.137. The number of nitroso groups, excluding NO2 is 1. The zero-order valence-corrected chi connectivity index (χ0v) is 20.1. The van der Waals surface area contributed by atoms with E-state index in [1.807, 2.05) is 4.90 Å². The summed E-state index contributed by atoms with van der Waals surface area (Å²) in [6, 6.07) is 5.16. The van der Waals surface area contributed by atoms with E-state index >= 15 is 0 Å². The second-order valence-electron chi connectivity index (χ2n) is 9.97. The van der Waals surface area contributed by atoms with Crippen molar-refractivity contribution >= 4 is 27.5 Å². The van der Waals surface area contributed by atoms with E-state index in [4.69, 9.17) is 16.3 Å². The molecule has 0 spiro atoms. The topological polar surface area (TPSA) is 96.3 Å². The summed E-state index contributed by atoms with van der Waals surface area (Å²) in [6.07, 6.45) is 4.59. The summed E-state index contributed by atoms with van der Waals surface area (Å²) in [5, 5.41) is 3.84. The molecule has 1 amide bonds. The van der Waals surface area contributed by atoms with Crippen LogP contribution in [0.1, 0.15) is 44.9 Å². The van der Waals surface area contributed by atoms with E-state index in [0.717, 1.165) is 25.7 Å². The lowest BCUT2D eigenvalue weighted by Crippen LogP contribution is -2.57. The molecule has 0 aromatic heterocycles. The first-order chi connectivity index (χ1) is 15.8. The number of amides is 1. The molecule has 2 saturated carbocycles. The number of morpholine rings is 1. The highest BCUT2D eigenvalue weighted by atomic mass is 35.5. The number of rotatable bonds is 7. The van der Waals surface area contributed by atoms with E-state index < -0.39 is 27.5 Å². The molecule has 1 aromatic carbocycles. The maximum Gasteiger partial charge on any atom is 0.243 e. The van der Waals surface area contributed by atoms with Gasteiger partial charge in [-0.15, -0.1) is 0 Å². The van der Waals surface area contributed by atoms with Crippen LogP contribution in [0, 0.1) is 16.2 Å². The number of benzene rings is 1. The minimum absolute atomic E-state index is 0.0452. The molecule has 4 aliphatic rings. The average molecular weight is 496 g/mol. The Kier molecular flexibility index (Phi) is 6.26. The Bertz CT molecular complexity index is 1000. The first kappa shape index (κ1) is 23.2. The van der Waals surface area contributed by atoms with Crippen molar-refractivity contribution in [2.24, 2.45) is 16.5 Å².